The molecular weight excluding hydrogens is 352 g/mol. The van der Waals surface area contributed by atoms with Gasteiger partial charge in [-0.3, -0.25) is 9.59 Å². The molecular formula is C20H23ClN2O3. The summed E-state index contributed by atoms with van der Waals surface area (Å²) >= 11 is 6.04. The lowest BCUT2D eigenvalue weighted by molar-refractivity contribution is -0.139. The van der Waals surface area contributed by atoms with Gasteiger partial charge < -0.3 is 15.0 Å². The lowest BCUT2D eigenvalue weighted by Gasteiger charge is -2.28. The Balaban J connectivity index is 2.20. The van der Waals surface area contributed by atoms with Crippen LogP contribution >= 0.6 is 11.6 Å². The molecule has 0 aliphatic heterocycles. The van der Waals surface area contributed by atoms with Crippen molar-refractivity contribution in [2.45, 2.75) is 25.9 Å². The van der Waals surface area contributed by atoms with Gasteiger partial charge in [0.2, 0.25) is 11.8 Å². The van der Waals surface area contributed by atoms with Crippen LogP contribution in [0.3, 0.4) is 0 Å². The molecule has 0 saturated heterocycles. The van der Waals surface area contributed by atoms with Crippen LogP contribution in [0.4, 0.5) is 0 Å². The highest BCUT2D eigenvalue weighted by atomic mass is 35.5. The van der Waals surface area contributed by atoms with Crippen molar-refractivity contribution in [3.63, 3.8) is 0 Å². The number of benzene rings is 2. The highest BCUT2D eigenvalue weighted by Crippen LogP contribution is 2.17. The van der Waals surface area contributed by atoms with Gasteiger partial charge in [-0.05, 0) is 42.3 Å². The summed E-state index contributed by atoms with van der Waals surface area (Å²) in [5.74, 6) is 0.386. The molecule has 0 aromatic heterocycles. The fourth-order valence-corrected chi connectivity index (χ4v) is 2.86. The van der Waals surface area contributed by atoms with Crippen LogP contribution < -0.4 is 10.1 Å². The lowest BCUT2D eigenvalue weighted by Crippen LogP contribution is -2.47. The van der Waals surface area contributed by atoms with Crippen LogP contribution in [-0.2, 0) is 22.6 Å². The highest BCUT2D eigenvalue weighted by Gasteiger charge is 2.25. The fraction of sp³-hybridized carbons (Fsp3) is 0.300. The second kappa shape index (κ2) is 9.25. The molecule has 2 amide bonds. The first-order valence-electron chi connectivity index (χ1n) is 8.33. The van der Waals surface area contributed by atoms with E-state index in [1.54, 1.807) is 38.1 Å². The normalized spacial score (nSPS) is 11.5. The maximum Gasteiger partial charge on any atom is 0.242 e. The number of ether oxygens (including phenoxy) is 1. The minimum absolute atomic E-state index is 0.133. The standard InChI is InChI=1S/C20H23ClN2O3/c1-14(20(25)22-2)23(13-16-5-4-6-17(21)11-16)19(24)12-15-7-9-18(26-3)10-8-15/h4-11,14H,12-13H2,1-3H3,(H,22,25). The topological polar surface area (TPSA) is 58.6 Å². The summed E-state index contributed by atoms with van der Waals surface area (Å²) in [4.78, 5) is 26.6. The second-order valence-corrected chi connectivity index (χ2v) is 6.40. The highest BCUT2D eigenvalue weighted by molar-refractivity contribution is 6.30. The van der Waals surface area contributed by atoms with E-state index in [0.29, 0.717) is 11.6 Å². The molecule has 2 aromatic rings. The molecule has 2 aromatic carbocycles. The van der Waals surface area contributed by atoms with Gasteiger partial charge in [-0.1, -0.05) is 35.9 Å². The molecule has 5 nitrogen and oxygen atoms in total. The largest absolute Gasteiger partial charge is 0.497 e. The van der Waals surface area contributed by atoms with Gasteiger partial charge in [0, 0.05) is 18.6 Å². The molecule has 1 unspecified atom stereocenters. The molecule has 0 aliphatic carbocycles. The molecule has 0 saturated carbocycles. The van der Waals surface area contributed by atoms with E-state index in [1.807, 2.05) is 36.4 Å². The first-order chi connectivity index (χ1) is 12.4. The van der Waals surface area contributed by atoms with Gasteiger partial charge >= 0.3 is 0 Å². The van der Waals surface area contributed by atoms with E-state index in [9.17, 15) is 9.59 Å². The molecule has 0 aliphatic rings. The van der Waals surface area contributed by atoms with Crippen molar-refractivity contribution in [3.8, 4) is 5.75 Å². The second-order valence-electron chi connectivity index (χ2n) is 5.97. The van der Waals surface area contributed by atoms with Crippen LogP contribution in [0.5, 0.6) is 5.75 Å². The van der Waals surface area contributed by atoms with E-state index in [-0.39, 0.29) is 18.2 Å². The minimum atomic E-state index is -0.593. The van der Waals surface area contributed by atoms with Crippen molar-refractivity contribution in [3.05, 3.63) is 64.7 Å². The van der Waals surface area contributed by atoms with Crippen molar-refractivity contribution in [1.29, 1.82) is 0 Å². The van der Waals surface area contributed by atoms with E-state index in [4.69, 9.17) is 16.3 Å². The van der Waals surface area contributed by atoms with E-state index >= 15 is 0 Å². The molecule has 0 radical (unpaired) electrons. The van der Waals surface area contributed by atoms with E-state index in [0.717, 1.165) is 16.9 Å². The van der Waals surface area contributed by atoms with Gasteiger partial charge in [-0.2, -0.15) is 0 Å². The number of amides is 2. The number of nitrogens with one attached hydrogen (secondary N) is 1. The van der Waals surface area contributed by atoms with Crippen LogP contribution in [-0.4, -0.2) is 36.9 Å². The number of hydrogen-bond acceptors (Lipinski definition) is 3. The SMILES string of the molecule is CNC(=O)C(C)N(Cc1cccc(Cl)c1)C(=O)Cc1ccc(OC)cc1. The zero-order valence-corrected chi connectivity index (χ0v) is 15.9. The molecule has 0 heterocycles. The predicted molar refractivity (Wildman–Crippen MR) is 102 cm³/mol. The van der Waals surface area contributed by atoms with Crippen LogP contribution in [0.1, 0.15) is 18.1 Å². The Morgan fingerprint density at radius 3 is 2.42 bits per heavy atom. The number of hydrogen-bond donors (Lipinski definition) is 1. The maximum atomic E-state index is 12.9. The predicted octanol–water partition coefficient (Wildman–Crippen LogP) is 3.05. The number of carbonyl (C=O) groups is 2. The number of likely N-dealkylation sites (N-methyl/N-ethyl adjacent to an activating group) is 1. The molecule has 0 fully saturated rings. The van der Waals surface area contributed by atoms with Gasteiger partial charge in [0.25, 0.3) is 0 Å². The van der Waals surface area contributed by atoms with Crippen LogP contribution in [0.25, 0.3) is 0 Å². The Hall–Kier alpha value is -2.53. The first-order valence-corrected chi connectivity index (χ1v) is 8.71. The van der Waals surface area contributed by atoms with Crippen LogP contribution in [0.15, 0.2) is 48.5 Å². The summed E-state index contributed by atoms with van der Waals surface area (Å²) in [7, 11) is 3.16. The van der Waals surface area contributed by atoms with Crippen molar-refractivity contribution in [2.75, 3.05) is 14.2 Å². The fourth-order valence-electron chi connectivity index (χ4n) is 2.64. The molecule has 1 atom stereocenters. The summed E-state index contributed by atoms with van der Waals surface area (Å²) in [5, 5.41) is 3.20. The number of carbonyl (C=O) groups excluding carboxylic acids is 2. The summed E-state index contributed by atoms with van der Waals surface area (Å²) in [6, 6.07) is 14.0. The molecule has 6 heteroatoms. The Morgan fingerprint density at radius 2 is 1.85 bits per heavy atom. The Kier molecular flexibility index (Phi) is 7.04. The maximum absolute atomic E-state index is 12.9. The smallest absolute Gasteiger partial charge is 0.242 e. The van der Waals surface area contributed by atoms with Gasteiger partial charge in [-0.25, -0.2) is 0 Å². The summed E-state index contributed by atoms with van der Waals surface area (Å²) in [6.45, 7) is 2.03. The molecule has 2 rings (SSSR count). The molecule has 26 heavy (non-hydrogen) atoms. The zero-order valence-electron chi connectivity index (χ0n) is 15.2. The Morgan fingerprint density at radius 1 is 1.15 bits per heavy atom. The van der Waals surface area contributed by atoms with Crippen molar-refractivity contribution in [2.24, 2.45) is 0 Å². The lowest BCUT2D eigenvalue weighted by atomic mass is 10.1. The van der Waals surface area contributed by atoms with Gasteiger partial charge in [0.15, 0.2) is 0 Å². The average Bonchev–Trinajstić information content (AvgIpc) is 2.65. The van der Waals surface area contributed by atoms with E-state index in [2.05, 4.69) is 5.32 Å². The molecule has 0 bridgehead atoms. The van der Waals surface area contributed by atoms with E-state index in [1.165, 1.54) is 0 Å². The third kappa shape index (κ3) is 5.23. The number of halogens is 1. The number of rotatable bonds is 7. The van der Waals surface area contributed by atoms with Gasteiger partial charge in [0.05, 0.1) is 13.5 Å². The number of nitrogens with zero attached hydrogens (tertiary/aromatic N) is 1. The number of methoxy groups -OCH3 is 1. The zero-order chi connectivity index (χ0) is 19.1. The van der Waals surface area contributed by atoms with Crippen LogP contribution in [0, 0.1) is 0 Å². The van der Waals surface area contributed by atoms with Crippen molar-refractivity contribution >= 4 is 23.4 Å². The van der Waals surface area contributed by atoms with Gasteiger partial charge in [-0.15, -0.1) is 0 Å². The van der Waals surface area contributed by atoms with Crippen molar-refractivity contribution in [1.82, 2.24) is 10.2 Å². The third-order valence-corrected chi connectivity index (χ3v) is 4.41. The third-order valence-electron chi connectivity index (χ3n) is 4.17. The molecule has 0 spiro atoms. The molecule has 1 N–H and O–H groups in total. The first kappa shape index (κ1) is 19.8. The minimum Gasteiger partial charge on any atom is -0.497 e. The molecule has 138 valence electrons. The van der Waals surface area contributed by atoms with Gasteiger partial charge in [0.1, 0.15) is 11.8 Å². The summed E-state index contributed by atoms with van der Waals surface area (Å²) < 4.78 is 5.14. The summed E-state index contributed by atoms with van der Waals surface area (Å²) in [6.07, 6.45) is 0.200. The summed E-state index contributed by atoms with van der Waals surface area (Å²) in [5.41, 5.74) is 1.73. The van der Waals surface area contributed by atoms with E-state index < -0.39 is 6.04 Å². The van der Waals surface area contributed by atoms with Crippen LogP contribution in [0.2, 0.25) is 5.02 Å². The average molecular weight is 375 g/mol. The quantitative estimate of drug-likeness (QED) is 0.810. The monoisotopic (exact) mass is 374 g/mol. The van der Waals surface area contributed by atoms with Crippen molar-refractivity contribution < 1.29 is 14.3 Å². The Bertz CT molecular complexity index is 762. The Labute approximate surface area is 158 Å².